The molecule has 2 aromatic rings. The minimum atomic E-state index is -1.20. The van der Waals surface area contributed by atoms with E-state index in [9.17, 15) is 14.3 Å². The Hall–Kier alpha value is -2.08. The highest BCUT2D eigenvalue weighted by molar-refractivity contribution is 7.09. The van der Waals surface area contributed by atoms with Gasteiger partial charge in [0.15, 0.2) is 0 Å². The number of carbonyl (C=O) groups is 1. The van der Waals surface area contributed by atoms with Gasteiger partial charge in [-0.15, -0.1) is 11.3 Å². The Labute approximate surface area is 125 Å². The largest absolute Gasteiger partial charge is 0.478 e. The van der Waals surface area contributed by atoms with E-state index in [1.807, 2.05) is 22.4 Å². The molecule has 110 valence electrons. The lowest BCUT2D eigenvalue weighted by Gasteiger charge is -2.26. The van der Waals surface area contributed by atoms with Crippen molar-refractivity contribution in [3.8, 4) is 0 Å². The summed E-state index contributed by atoms with van der Waals surface area (Å²) in [5, 5.41) is 11.4. The van der Waals surface area contributed by atoms with Crippen LogP contribution in [-0.2, 0) is 6.54 Å². The Balaban J connectivity index is 2.03. The van der Waals surface area contributed by atoms with Crippen LogP contribution in [0.3, 0.4) is 0 Å². The Bertz CT molecular complexity index is 669. The van der Waals surface area contributed by atoms with Gasteiger partial charge >= 0.3 is 5.97 Å². The van der Waals surface area contributed by atoms with Gasteiger partial charge < -0.3 is 15.7 Å². The average molecular weight is 306 g/mol. The van der Waals surface area contributed by atoms with Gasteiger partial charge in [-0.3, -0.25) is 0 Å². The minimum Gasteiger partial charge on any atom is -0.478 e. The molecule has 1 heterocycles. The van der Waals surface area contributed by atoms with Gasteiger partial charge in [0.1, 0.15) is 11.4 Å². The lowest BCUT2D eigenvalue weighted by atomic mass is 10.1. The van der Waals surface area contributed by atoms with E-state index < -0.39 is 11.8 Å². The molecule has 0 bridgehead atoms. The van der Waals surface area contributed by atoms with E-state index in [1.54, 1.807) is 11.3 Å². The third-order valence-electron chi connectivity index (χ3n) is 3.59. The van der Waals surface area contributed by atoms with E-state index in [0.29, 0.717) is 18.3 Å². The van der Waals surface area contributed by atoms with Gasteiger partial charge in [0.2, 0.25) is 0 Å². The Morgan fingerprint density at radius 2 is 2.19 bits per heavy atom. The summed E-state index contributed by atoms with van der Waals surface area (Å²) in [4.78, 5) is 14.6. The van der Waals surface area contributed by atoms with E-state index in [1.165, 1.54) is 12.1 Å². The number of anilines is 2. The van der Waals surface area contributed by atoms with Crippen molar-refractivity contribution in [3.05, 3.63) is 45.9 Å². The van der Waals surface area contributed by atoms with Gasteiger partial charge in [-0.2, -0.15) is 0 Å². The van der Waals surface area contributed by atoms with Crippen LogP contribution in [0.15, 0.2) is 29.6 Å². The highest BCUT2D eigenvalue weighted by atomic mass is 32.1. The summed E-state index contributed by atoms with van der Waals surface area (Å²) in [5.74, 6) is -1.89. The Morgan fingerprint density at radius 3 is 2.76 bits per heavy atom. The maximum Gasteiger partial charge on any atom is 0.340 e. The quantitative estimate of drug-likeness (QED) is 0.832. The highest BCUT2D eigenvalue weighted by Gasteiger charge is 2.33. The number of carboxylic acid groups (broad SMARTS) is 1. The summed E-state index contributed by atoms with van der Waals surface area (Å²) in [6, 6.07) is 7.02. The molecule has 0 aliphatic heterocycles. The number of hydrogen-bond acceptors (Lipinski definition) is 4. The molecule has 1 aliphatic rings. The number of carboxylic acids is 1. The van der Waals surface area contributed by atoms with E-state index in [-0.39, 0.29) is 11.3 Å². The summed E-state index contributed by atoms with van der Waals surface area (Å²) in [6.07, 6.45) is 2.03. The summed E-state index contributed by atoms with van der Waals surface area (Å²) >= 11 is 1.62. The Morgan fingerprint density at radius 1 is 1.43 bits per heavy atom. The van der Waals surface area contributed by atoms with E-state index >= 15 is 0 Å². The molecule has 21 heavy (non-hydrogen) atoms. The zero-order valence-corrected chi connectivity index (χ0v) is 12.1. The number of nitrogen functional groups attached to an aromatic ring is 1. The predicted molar refractivity (Wildman–Crippen MR) is 81.3 cm³/mol. The fourth-order valence-corrected chi connectivity index (χ4v) is 3.12. The standard InChI is InChI=1S/C15H15FN2O2S/c16-11-5-6-12(13(14(11)17)15(19)20)18(9-3-4-9)8-10-2-1-7-21-10/h1-2,5-7,9H,3-4,8,17H2,(H,19,20). The van der Waals surface area contributed by atoms with Crippen molar-refractivity contribution in [2.24, 2.45) is 0 Å². The van der Waals surface area contributed by atoms with Crippen LogP contribution in [0.25, 0.3) is 0 Å². The molecule has 1 saturated carbocycles. The van der Waals surface area contributed by atoms with Crippen molar-refractivity contribution >= 4 is 28.7 Å². The van der Waals surface area contributed by atoms with E-state index in [0.717, 1.165) is 17.7 Å². The van der Waals surface area contributed by atoms with E-state index in [2.05, 4.69) is 0 Å². The molecule has 3 rings (SSSR count). The molecule has 0 saturated heterocycles. The fraction of sp³-hybridized carbons (Fsp3) is 0.267. The van der Waals surface area contributed by atoms with Crippen molar-refractivity contribution in [2.45, 2.75) is 25.4 Å². The van der Waals surface area contributed by atoms with Gasteiger partial charge in [0.25, 0.3) is 0 Å². The third-order valence-corrected chi connectivity index (χ3v) is 4.45. The number of rotatable bonds is 5. The maximum atomic E-state index is 13.6. The molecule has 3 N–H and O–H groups in total. The van der Waals surface area contributed by atoms with Crippen LogP contribution in [-0.4, -0.2) is 17.1 Å². The van der Waals surface area contributed by atoms with Crippen LogP contribution in [0.5, 0.6) is 0 Å². The Kier molecular flexibility index (Phi) is 3.55. The van der Waals surface area contributed by atoms with Crippen molar-refractivity contribution < 1.29 is 14.3 Å². The lowest BCUT2D eigenvalue weighted by Crippen LogP contribution is -2.27. The second-order valence-electron chi connectivity index (χ2n) is 5.10. The van der Waals surface area contributed by atoms with Crippen LogP contribution in [0.1, 0.15) is 28.1 Å². The van der Waals surface area contributed by atoms with Gasteiger partial charge in [-0.1, -0.05) is 6.07 Å². The maximum absolute atomic E-state index is 13.6. The lowest BCUT2D eigenvalue weighted by molar-refractivity contribution is 0.0698. The van der Waals surface area contributed by atoms with Gasteiger partial charge in [0.05, 0.1) is 17.9 Å². The number of nitrogens with zero attached hydrogens (tertiary/aromatic N) is 1. The SMILES string of the molecule is Nc1c(F)ccc(N(Cc2cccs2)C2CC2)c1C(=O)O. The molecule has 0 radical (unpaired) electrons. The molecule has 1 aromatic carbocycles. The molecular formula is C15H15FN2O2S. The first kappa shape index (κ1) is 13.9. The van der Waals surface area contributed by atoms with Gasteiger partial charge in [0, 0.05) is 10.9 Å². The zero-order chi connectivity index (χ0) is 15.0. The first-order chi connectivity index (χ1) is 10.1. The van der Waals surface area contributed by atoms with Crippen LogP contribution in [0.4, 0.5) is 15.8 Å². The van der Waals surface area contributed by atoms with Crippen molar-refractivity contribution in [3.63, 3.8) is 0 Å². The topological polar surface area (TPSA) is 66.6 Å². The summed E-state index contributed by atoms with van der Waals surface area (Å²) in [6.45, 7) is 0.619. The summed E-state index contributed by atoms with van der Waals surface area (Å²) in [5.41, 5.74) is 5.70. The van der Waals surface area contributed by atoms with Crippen LogP contribution in [0, 0.1) is 5.82 Å². The number of halogens is 1. The second kappa shape index (κ2) is 5.37. The van der Waals surface area contributed by atoms with E-state index in [4.69, 9.17) is 5.73 Å². The number of hydrogen-bond donors (Lipinski definition) is 2. The molecule has 6 heteroatoms. The number of thiophene rings is 1. The van der Waals surface area contributed by atoms with Crippen molar-refractivity contribution in [1.29, 1.82) is 0 Å². The molecule has 1 aromatic heterocycles. The number of benzene rings is 1. The zero-order valence-electron chi connectivity index (χ0n) is 11.3. The van der Waals surface area contributed by atoms with Gasteiger partial charge in [-0.05, 0) is 36.4 Å². The molecule has 0 spiro atoms. The van der Waals surface area contributed by atoms with Gasteiger partial charge in [-0.25, -0.2) is 9.18 Å². The molecule has 4 nitrogen and oxygen atoms in total. The number of aromatic carboxylic acids is 1. The highest BCUT2D eigenvalue weighted by Crippen LogP contribution is 2.37. The van der Waals surface area contributed by atoms with Crippen molar-refractivity contribution in [2.75, 3.05) is 10.6 Å². The number of nitrogens with two attached hydrogens (primary N) is 1. The fourth-order valence-electron chi connectivity index (χ4n) is 2.41. The summed E-state index contributed by atoms with van der Waals surface area (Å²) in [7, 11) is 0. The predicted octanol–water partition coefficient (Wildman–Crippen LogP) is 3.34. The molecule has 0 atom stereocenters. The smallest absolute Gasteiger partial charge is 0.340 e. The van der Waals surface area contributed by atoms with Crippen LogP contribution in [0.2, 0.25) is 0 Å². The third kappa shape index (κ3) is 2.71. The first-order valence-electron chi connectivity index (χ1n) is 6.68. The minimum absolute atomic E-state index is 0.140. The summed E-state index contributed by atoms with van der Waals surface area (Å²) < 4.78 is 13.6. The average Bonchev–Trinajstić information content (AvgIpc) is 3.16. The van der Waals surface area contributed by atoms with Crippen molar-refractivity contribution in [1.82, 2.24) is 0 Å². The molecule has 1 aliphatic carbocycles. The first-order valence-corrected chi connectivity index (χ1v) is 7.56. The van der Waals surface area contributed by atoms with Crippen LogP contribution < -0.4 is 10.6 Å². The normalized spacial score (nSPS) is 14.1. The molecule has 0 amide bonds. The monoisotopic (exact) mass is 306 g/mol. The molecular weight excluding hydrogens is 291 g/mol. The van der Waals surface area contributed by atoms with Crippen LogP contribution >= 0.6 is 11.3 Å². The second-order valence-corrected chi connectivity index (χ2v) is 6.13. The molecule has 1 fully saturated rings. The molecule has 0 unspecified atom stereocenters.